The van der Waals surface area contributed by atoms with Crippen molar-refractivity contribution in [3.63, 3.8) is 0 Å². The fraction of sp³-hybridized carbons (Fsp3) is 0.684. The first-order chi connectivity index (χ1) is 9.15. The summed E-state index contributed by atoms with van der Waals surface area (Å²) in [6.45, 7) is 9.24. The van der Waals surface area contributed by atoms with E-state index in [0.29, 0.717) is 5.41 Å². The van der Waals surface area contributed by atoms with Gasteiger partial charge in [0.15, 0.2) is 0 Å². The van der Waals surface area contributed by atoms with Crippen molar-refractivity contribution in [1.82, 2.24) is 0 Å². The largest absolute Gasteiger partial charge is 0.0654 e. The second-order valence-corrected chi connectivity index (χ2v) is 6.20. The average molecular weight is 260 g/mol. The number of benzene rings is 1. The molecule has 1 rings (SSSR count). The van der Waals surface area contributed by atoms with Gasteiger partial charge in [-0.3, -0.25) is 0 Å². The van der Waals surface area contributed by atoms with E-state index < -0.39 is 0 Å². The first-order valence-electron chi connectivity index (χ1n) is 8.21. The molecular weight excluding hydrogens is 228 g/mol. The number of rotatable bonds is 9. The van der Waals surface area contributed by atoms with E-state index in [9.17, 15) is 0 Å². The lowest BCUT2D eigenvalue weighted by Crippen LogP contribution is -2.19. The summed E-state index contributed by atoms with van der Waals surface area (Å²) < 4.78 is 0. The third-order valence-electron chi connectivity index (χ3n) is 4.57. The topological polar surface area (TPSA) is 0 Å². The summed E-state index contributed by atoms with van der Waals surface area (Å²) in [5.41, 5.74) is 3.52. The normalized spacial score (nSPS) is 11.8. The molecule has 0 heteroatoms. The number of hydrogen-bond donors (Lipinski definition) is 0. The van der Waals surface area contributed by atoms with E-state index in [2.05, 4.69) is 52.0 Å². The van der Waals surface area contributed by atoms with Crippen molar-refractivity contribution in [3.05, 3.63) is 35.4 Å². The van der Waals surface area contributed by atoms with Crippen LogP contribution in [0.1, 0.15) is 76.8 Å². The maximum absolute atomic E-state index is 2.39. The Morgan fingerprint density at radius 2 is 1.63 bits per heavy atom. The molecule has 0 aliphatic heterocycles. The van der Waals surface area contributed by atoms with E-state index in [1.54, 1.807) is 0 Å². The van der Waals surface area contributed by atoms with Crippen LogP contribution < -0.4 is 0 Å². The molecule has 0 atom stereocenters. The summed E-state index contributed by atoms with van der Waals surface area (Å²) in [5, 5.41) is 0. The summed E-state index contributed by atoms with van der Waals surface area (Å²) in [5.74, 6) is 0. The van der Waals surface area contributed by atoms with Gasteiger partial charge in [-0.15, -0.1) is 0 Å². The van der Waals surface area contributed by atoms with Gasteiger partial charge >= 0.3 is 0 Å². The lowest BCUT2D eigenvalue weighted by atomic mass is 9.73. The van der Waals surface area contributed by atoms with Crippen molar-refractivity contribution in [1.29, 1.82) is 0 Å². The highest BCUT2D eigenvalue weighted by atomic mass is 14.3. The summed E-state index contributed by atoms with van der Waals surface area (Å²) in [6, 6.07) is 9.00. The second kappa shape index (κ2) is 8.40. The van der Waals surface area contributed by atoms with E-state index in [1.807, 2.05) is 0 Å². The molecule has 0 bridgehead atoms. The summed E-state index contributed by atoms with van der Waals surface area (Å²) in [4.78, 5) is 0. The molecule has 0 saturated carbocycles. The maximum Gasteiger partial charge on any atom is -0.0279 e. The molecule has 0 aliphatic carbocycles. The lowest BCUT2D eigenvalue weighted by Gasteiger charge is -2.32. The van der Waals surface area contributed by atoms with Gasteiger partial charge in [0, 0.05) is 0 Å². The van der Waals surface area contributed by atoms with Crippen LogP contribution in [0.15, 0.2) is 24.3 Å². The van der Waals surface area contributed by atoms with Crippen LogP contribution in [0, 0.1) is 12.3 Å². The molecule has 0 spiro atoms. The highest BCUT2D eigenvalue weighted by Crippen LogP contribution is 2.38. The van der Waals surface area contributed by atoms with Crippen LogP contribution in [0.5, 0.6) is 0 Å². The van der Waals surface area contributed by atoms with Crippen LogP contribution in [-0.4, -0.2) is 0 Å². The molecule has 0 nitrogen and oxygen atoms in total. The molecule has 0 radical (unpaired) electrons. The van der Waals surface area contributed by atoms with Crippen molar-refractivity contribution >= 4 is 0 Å². The molecule has 1 aromatic carbocycles. The molecular formula is C19H32. The van der Waals surface area contributed by atoms with E-state index in [0.717, 1.165) is 0 Å². The fourth-order valence-electron chi connectivity index (χ4n) is 3.50. The van der Waals surface area contributed by atoms with Crippen LogP contribution in [0.25, 0.3) is 0 Å². The van der Waals surface area contributed by atoms with Gasteiger partial charge < -0.3 is 0 Å². The Morgan fingerprint density at radius 1 is 0.947 bits per heavy atom. The van der Waals surface area contributed by atoms with Gasteiger partial charge in [0.05, 0.1) is 0 Å². The predicted molar refractivity (Wildman–Crippen MR) is 86.7 cm³/mol. The van der Waals surface area contributed by atoms with Gasteiger partial charge in [0.2, 0.25) is 0 Å². The first kappa shape index (κ1) is 16.3. The Hall–Kier alpha value is -0.780. The Labute approximate surface area is 120 Å². The fourth-order valence-corrected chi connectivity index (χ4v) is 3.50. The smallest absolute Gasteiger partial charge is 0.0279 e. The Morgan fingerprint density at radius 3 is 2.16 bits per heavy atom. The third-order valence-corrected chi connectivity index (χ3v) is 4.57. The van der Waals surface area contributed by atoms with Crippen LogP contribution in [0.3, 0.4) is 0 Å². The Bertz CT molecular complexity index is 345. The van der Waals surface area contributed by atoms with Gasteiger partial charge in [-0.2, -0.15) is 0 Å². The van der Waals surface area contributed by atoms with Crippen LogP contribution in [-0.2, 0) is 6.42 Å². The first-order valence-corrected chi connectivity index (χ1v) is 8.21. The minimum Gasteiger partial charge on any atom is -0.0654 e. The van der Waals surface area contributed by atoms with E-state index >= 15 is 0 Å². The standard InChI is InChI=1S/C19H32/c1-5-13-19(7-3,14-6-2)15-9-12-18-11-8-10-17(4)16-18/h8,10-11,16H,5-7,9,12-15H2,1-4H3. The Kier molecular flexibility index (Phi) is 7.20. The molecule has 0 fully saturated rings. The summed E-state index contributed by atoms with van der Waals surface area (Å²) in [7, 11) is 0. The zero-order valence-electron chi connectivity index (χ0n) is 13.5. The van der Waals surface area contributed by atoms with Gasteiger partial charge in [-0.1, -0.05) is 69.9 Å². The van der Waals surface area contributed by atoms with Gasteiger partial charge in [0.25, 0.3) is 0 Å². The second-order valence-electron chi connectivity index (χ2n) is 6.20. The molecule has 0 amide bonds. The van der Waals surface area contributed by atoms with Crippen molar-refractivity contribution in [2.45, 2.75) is 79.1 Å². The molecule has 0 aromatic heterocycles. The van der Waals surface area contributed by atoms with Crippen molar-refractivity contribution in [2.24, 2.45) is 5.41 Å². The zero-order chi connectivity index (χ0) is 14.1. The molecule has 0 N–H and O–H groups in total. The van der Waals surface area contributed by atoms with E-state index in [1.165, 1.54) is 62.5 Å². The minimum atomic E-state index is 0.618. The average Bonchev–Trinajstić information content (AvgIpc) is 2.39. The minimum absolute atomic E-state index is 0.618. The van der Waals surface area contributed by atoms with Crippen molar-refractivity contribution < 1.29 is 0 Å². The number of hydrogen-bond acceptors (Lipinski definition) is 0. The lowest BCUT2D eigenvalue weighted by molar-refractivity contribution is 0.199. The van der Waals surface area contributed by atoms with Gasteiger partial charge in [-0.25, -0.2) is 0 Å². The molecule has 1 aromatic rings. The highest BCUT2D eigenvalue weighted by Gasteiger charge is 2.25. The third kappa shape index (κ3) is 5.38. The quantitative estimate of drug-likeness (QED) is 0.487. The van der Waals surface area contributed by atoms with Crippen LogP contribution in [0.2, 0.25) is 0 Å². The van der Waals surface area contributed by atoms with E-state index in [-0.39, 0.29) is 0 Å². The molecule has 0 heterocycles. The van der Waals surface area contributed by atoms with Crippen molar-refractivity contribution in [2.75, 3.05) is 0 Å². The molecule has 19 heavy (non-hydrogen) atoms. The molecule has 108 valence electrons. The molecule has 0 saturated heterocycles. The monoisotopic (exact) mass is 260 g/mol. The number of aryl methyl sites for hydroxylation is 2. The van der Waals surface area contributed by atoms with Crippen molar-refractivity contribution in [3.8, 4) is 0 Å². The highest BCUT2D eigenvalue weighted by molar-refractivity contribution is 5.22. The van der Waals surface area contributed by atoms with Gasteiger partial charge in [0.1, 0.15) is 0 Å². The molecule has 0 unspecified atom stereocenters. The van der Waals surface area contributed by atoms with Crippen LogP contribution >= 0.6 is 0 Å². The summed E-state index contributed by atoms with van der Waals surface area (Å²) in [6.07, 6.45) is 10.8. The van der Waals surface area contributed by atoms with Gasteiger partial charge in [-0.05, 0) is 50.0 Å². The maximum atomic E-state index is 2.39. The Balaban J connectivity index is 2.51. The SMILES string of the molecule is CCCC(CC)(CCC)CCCc1cccc(C)c1. The zero-order valence-corrected chi connectivity index (χ0v) is 13.5. The predicted octanol–water partition coefficient (Wildman–Crippen LogP) is 6.31. The van der Waals surface area contributed by atoms with Crippen LogP contribution in [0.4, 0.5) is 0 Å². The van der Waals surface area contributed by atoms with E-state index in [4.69, 9.17) is 0 Å². The molecule has 0 aliphatic rings. The summed E-state index contributed by atoms with van der Waals surface area (Å²) >= 11 is 0.